The van der Waals surface area contributed by atoms with E-state index in [1.807, 2.05) is 81.0 Å². The lowest BCUT2D eigenvalue weighted by Crippen LogP contribution is -2.12. The number of hydrogen-bond acceptors (Lipinski definition) is 6. The Balaban J connectivity index is 1.48. The van der Waals surface area contributed by atoms with Crippen LogP contribution >= 0.6 is 11.8 Å². The third-order valence-corrected chi connectivity index (χ3v) is 5.93. The maximum Gasteiger partial charge on any atom is 0.255 e. The van der Waals surface area contributed by atoms with Crippen molar-refractivity contribution in [2.75, 3.05) is 17.3 Å². The van der Waals surface area contributed by atoms with Crippen LogP contribution in [0.15, 0.2) is 78.1 Å². The number of nitrogens with zero attached hydrogens (tertiary/aromatic N) is 3. The van der Waals surface area contributed by atoms with Crippen LogP contribution in [0, 0.1) is 0 Å². The Morgan fingerprint density at radius 1 is 1.12 bits per heavy atom. The number of carbonyl (C=O) groups excluding carboxylic acids is 1. The maximum absolute atomic E-state index is 12.6. The van der Waals surface area contributed by atoms with Gasteiger partial charge in [0.05, 0.1) is 6.20 Å². The van der Waals surface area contributed by atoms with Crippen molar-refractivity contribution in [1.29, 1.82) is 0 Å². The number of nitrogens with one attached hydrogen (secondary N) is 1. The Kier molecular flexibility index (Phi) is 6.65. The normalized spacial score (nSPS) is 11.7. The molecule has 2 aromatic carbocycles. The number of nitrogens with two attached hydrogens (primary N) is 1. The molecule has 0 fully saturated rings. The second-order valence-corrected chi connectivity index (χ2v) is 8.46. The molecule has 7 nitrogen and oxygen atoms in total. The summed E-state index contributed by atoms with van der Waals surface area (Å²) in [6.45, 7) is 1.93. The van der Waals surface area contributed by atoms with Crippen LogP contribution in [0.1, 0.15) is 28.9 Å². The summed E-state index contributed by atoms with van der Waals surface area (Å²) in [5.41, 5.74) is 10.1. The minimum Gasteiger partial charge on any atom is -0.482 e. The van der Waals surface area contributed by atoms with E-state index in [0.29, 0.717) is 22.8 Å². The monoisotopic (exact) mass is 459 g/mol. The van der Waals surface area contributed by atoms with Crippen LogP contribution in [0.2, 0.25) is 0 Å². The second-order valence-electron chi connectivity index (χ2n) is 7.58. The molecule has 4 rings (SSSR count). The molecule has 0 saturated heterocycles. The number of anilines is 2. The Hall–Kier alpha value is -3.78. The summed E-state index contributed by atoms with van der Waals surface area (Å²) in [7, 11) is 1.86. The number of amides is 1. The molecule has 0 saturated carbocycles. The zero-order chi connectivity index (χ0) is 23.4. The van der Waals surface area contributed by atoms with Gasteiger partial charge in [-0.25, -0.2) is 4.98 Å². The molecular weight excluding hydrogens is 434 g/mol. The van der Waals surface area contributed by atoms with Gasteiger partial charge in [-0.3, -0.25) is 9.48 Å². The molecule has 0 aliphatic carbocycles. The van der Waals surface area contributed by atoms with Crippen LogP contribution < -0.4 is 15.8 Å². The Morgan fingerprint density at radius 2 is 1.91 bits per heavy atom. The van der Waals surface area contributed by atoms with Crippen LogP contribution in [0.25, 0.3) is 11.1 Å². The number of aryl methyl sites for hydroxylation is 1. The zero-order valence-corrected chi connectivity index (χ0v) is 19.5. The molecule has 1 atom stereocenters. The number of thioether (sulfide) groups is 1. The van der Waals surface area contributed by atoms with Crippen LogP contribution in [-0.2, 0) is 7.05 Å². The van der Waals surface area contributed by atoms with E-state index in [4.69, 9.17) is 10.5 Å². The van der Waals surface area contributed by atoms with Gasteiger partial charge in [0, 0.05) is 46.7 Å². The summed E-state index contributed by atoms with van der Waals surface area (Å²) in [6, 6.07) is 16.9. The first-order valence-electron chi connectivity index (χ1n) is 10.4. The number of pyridine rings is 1. The number of ether oxygens (including phenoxy) is 1. The molecule has 8 heteroatoms. The topological polar surface area (TPSA) is 95.1 Å². The second kappa shape index (κ2) is 9.79. The van der Waals surface area contributed by atoms with Crippen molar-refractivity contribution in [3.63, 3.8) is 0 Å². The van der Waals surface area contributed by atoms with E-state index < -0.39 is 0 Å². The van der Waals surface area contributed by atoms with Crippen LogP contribution in [0.4, 0.5) is 11.5 Å². The van der Waals surface area contributed by atoms with Gasteiger partial charge in [0.15, 0.2) is 11.6 Å². The maximum atomic E-state index is 12.6. The summed E-state index contributed by atoms with van der Waals surface area (Å²) in [5.74, 6) is 0.644. The standard InChI is InChI=1S/C25H25N5O2S/c1-16(32-23-12-19(13-27-24(23)26)20-14-28-30(2)15-20)18-5-4-6-21(11-18)29-25(31)17-7-9-22(33-3)10-8-17/h4-16H,1-3H3,(H2,26,27)(H,29,31)/t16-/m1/s1. The molecule has 1 amide bonds. The van der Waals surface area contributed by atoms with Gasteiger partial charge >= 0.3 is 0 Å². The predicted molar refractivity (Wildman–Crippen MR) is 133 cm³/mol. The van der Waals surface area contributed by atoms with Gasteiger partial charge in [0.2, 0.25) is 0 Å². The summed E-state index contributed by atoms with van der Waals surface area (Å²) in [4.78, 5) is 18.0. The van der Waals surface area contributed by atoms with Crippen LogP contribution in [0.3, 0.4) is 0 Å². The highest BCUT2D eigenvalue weighted by atomic mass is 32.2. The van der Waals surface area contributed by atoms with E-state index in [0.717, 1.165) is 21.6 Å². The SMILES string of the molecule is CSc1ccc(C(=O)Nc2cccc([C@@H](C)Oc3cc(-c4cnn(C)c4)cnc3N)c2)cc1. The molecule has 2 aromatic heterocycles. The Labute approximate surface area is 197 Å². The molecule has 3 N–H and O–H groups in total. The van der Waals surface area contributed by atoms with Crippen molar-refractivity contribution in [3.05, 3.63) is 84.3 Å². The molecule has 0 unspecified atom stereocenters. The van der Waals surface area contributed by atoms with Gasteiger partial charge in [-0.15, -0.1) is 11.8 Å². The summed E-state index contributed by atoms with van der Waals surface area (Å²) >= 11 is 1.64. The van der Waals surface area contributed by atoms with Gasteiger partial charge in [-0.2, -0.15) is 5.10 Å². The molecule has 33 heavy (non-hydrogen) atoms. The first-order chi connectivity index (χ1) is 15.9. The molecule has 4 aromatic rings. The number of nitrogen functional groups attached to an aromatic ring is 1. The fourth-order valence-corrected chi connectivity index (χ4v) is 3.76. The van der Waals surface area contributed by atoms with Gasteiger partial charge in [0.1, 0.15) is 6.10 Å². The van der Waals surface area contributed by atoms with Crippen LogP contribution in [-0.4, -0.2) is 26.9 Å². The smallest absolute Gasteiger partial charge is 0.255 e. The van der Waals surface area contributed by atoms with Crippen molar-refractivity contribution >= 4 is 29.2 Å². The Morgan fingerprint density at radius 3 is 2.61 bits per heavy atom. The zero-order valence-electron chi connectivity index (χ0n) is 18.6. The predicted octanol–water partition coefficient (Wildman–Crippen LogP) is 5.18. The number of benzene rings is 2. The van der Waals surface area contributed by atoms with Gasteiger partial charge < -0.3 is 15.8 Å². The minimum atomic E-state index is -0.309. The van der Waals surface area contributed by atoms with Crippen molar-refractivity contribution in [2.45, 2.75) is 17.9 Å². The molecular formula is C25H25N5O2S. The summed E-state index contributed by atoms with van der Waals surface area (Å²) < 4.78 is 7.87. The largest absolute Gasteiger partial charge is 0.482 e. The van der Waals surface area contributed by atoms with Crippen molar-refractivity contribution < 1.29 is 9.53 Å². The molecule has 0 aliphatic heterocycles. The molecule has 0 spiro atoms. The fourth-order valence-electron chi connectivity index (χ4n) is 3.35. The average Bonchev–Trinajstić information content (AvgIpc) is 3.27. The number of aromatic nitrogens is 3. The van der Waals surface area contributed by atoms with E-state index in [2.05, 4.69) is 15.4 Å². The highest BCUT2D eigenvalue weighted by Gasteiger charge is 2.14. The number of hydrogen-bond donors (Lipinski definition) is 2. The summed E-state index contributed by atoms with van der Waals surface area (Å²) in [5, 5.41) is 7.15. The molecule has 0 radical (unpaired) electrons. The lowest BCUT2D eigenvalue weighted by molar-refractivity contribution is 0.102. The van der Waals surface area contributed by atoms with E-state index in [1.54, 1.807) is 28.8 Å². The van der Waals surface area contributed by atoms with Crippen LogP contribution in [0.5, 0.6) is 5.75 Å². The van der Waals surface area contributed by atoms with Gasteiger partial charge in [-0.1, -0.05) is 12.1 Å². The van der Waals surface area contributed by atoms with Gasteiger partial charge in [0.25, 0.3) is 5.91 Å². The lowest BCUT2D eigenvalue weighted by Gasteiger charge is -2.17. The van der Waals surface area contributed by atoms with Crippen molar-refractivity contribution in [3.8, 4) is 16.9 Å². The summed E-state index contributed by atoms with van der Waals surface area (Å²) in [6.07, 6.45) is 7.06. The highest BCUT2D eigenvalue weighted by Crippen LogP contribution is 2.31. The van der Waals surface area contributed by atoms with E-state index in [9.17, 15) is 4.79 Å². The third-order valence-electron chi connectivity index (χ3n) is 5.19. The van der Waals surface area contributed by atoms with E-state index in [-0.39, 0.29) is 12.0 Å². The molecule has 168 valence electrons. The fraction of sp³-hybridized carbons (Fsp3) is 0.160. The first-order valence-corrected chi connectivity index (χ1v) is 11.6. The minimum absolute atomic E-state index is 0.161. The van der Waals surface area contributed by atoms with Gasteiger partial charge in [-0.05, 0) is 61.2 Å². The number of carbonyl (C=O) groups is 1. The van der Waals surface area contributed by atoms with Crippen molar-refractivity contribution in [1.82, 2.24) is 14.8 Å². The average molecular weight is 460 g/mol. The molecule has 0 bridgehead atoms. The molecule has 2 heterocycles. The quantitative estimate of drug-likeness (QED) is 0.370. The first kappa shape index (κ1) is 22.4. The molecule has 0 aliphatic rings. The highest BCUT2D eigenvalue weighted by molar-refractivity contribution is 7.98. The third kappa shape index (κ3) is 5.35. The van der Waals surface area contributed by atoms with E-state index >= 15 is 0 Å². The lowest BCUT2D eigenvalue weighted by atomic mass is 10.1. The van der Waals surface area contributed by atoms with E-state index in [1.165, 1.54) is 0 Å². The number of rotatable bonds is 7. The van der Waals surface area contributed by atoms with Crippen molar-refractivity contribution in [2.24, 2.45) is 7.05 Å². The Bertz CT molecular complexity index is 1270.